The minimum Gasteiger partial charge on any atom is -0.389 e. The predicted molar refractivity (Wildman–Crippen MR) is 81.3 cm³/mol. The highest BCUT2D eigenvalue weighted by Gasteiger charge is 2.21. The number of hydrogen-bond donors (Lipinski definition) is 2. The zero-order valence-electron chi connectivity index (χ0n) is 12.3. The van der Waals surface area contributed by atoms with Crippen molar-refractivity contribution in [1.82, 2.24) is 5.32 Å². The molecule has 1 aliphatic rings. The molecule has 5 heteroatoms. The molecule has 0 spiro atoms. The van der Waals surface area contributed by atoms with Crippen molar-refractivity contribution in [3.05, 3.63) is 21.9 Å². The largest absolute Gasteiger partial charge is 0.389 e. The quantitative estimate of drug-likeness (QED) is 0.772. The minimum atomic E-state index is -0.474. The van der Waals surface area contributed by atoms with Crippen molar-refractivity contribution >= 4 is 11.3 Å². The topological polar surface area (TPSA) is 50.7 Å². The molecule has 2 N–H and O–H groups in total. The van der Waals surface area contributed by atoms with E-state index in [-0.39, 0.29) is 6.10 Å². The van der Waals surface area contributed by atoms with E-state index in [0.29, 0.717) is 25.8 Å². The molecular formula is C15H25NO3S. The fraction of sp³-hybridized carbons (Fsp3) is 0.733. The summed E-state index contributed by atoms with van der Waals surface area (Å²) in [5.74, 6) is 0. The van der Waals surface area contributed by atoms with Gasteiger partial charge in [-0.2, -0.15) is 0 Å². The Morgan fingerprint density at radius 2 is 2.35 bits per heavy atom. The normalized spacial score (nSPS) is 21.4. The van der Waals surface area contributed by atoms with Gasteiger partial charge in [0.1, 0.15) is 0 Å². The Kier molecular flexibility index (Phi) is 6.45. The average Bonchev–Trinajstić information content (AvgIpc) is 2.92. The maximum Gasteiger partial charge on any atom is 0.0898 e. The Morgan fingerprint density at radius 3 is 3.15 bits per heavy atom. The van der Waals surface area contributed by atoms with E-state index in [2.05, 4.69) is 16.8 Å². The van der Waals surface area contributed by atoms with Crippen molar-refractivity contribution in [1.29, 1.82) is 0 Å². The van der Waals surface area contributed by atoms with E-state index in [4.69, 9.17) is 9.47 Å². The summed E-state index contributed by atoms with van der Waals surface area (Å²) in [6, 6.07) is 2.59. The molecule has 3 atom stereocenters. The number of rotatable bonds is 8. The first-order valence-corrected chi connectivity index (χ1v) is 8.17. The van der Waals surface area contributed by atoms with Crippen LogP contribution >= 0.6 is 11.3 Å². The summed E-state index contributed by atoms with van der Waals surface area (Å²) in [6.45, 7) is 3.42. The number of nitrogens with one attached hydrogen (secondary N) is 1. The maximum absolute atomic E-state index is 9.97. The van der Waals surface area contributed by atoms with Gasteiger partial charge in [0.25, 0.3) is 0 Å². The molecule has 0 aliphatic heterocycles. The molecule has 20 heavy (non-hydrogen) atoms. The first-order valence-electron chi connectivity index (χ1n) is 7.29. The maximum atomic E-state index is 9.97. The van der Waals surface area contributed by atoms with Crippen LogP contribution in [0.25, 0.3) is 0 Å². The second kappa shape index (κ2) is 8.10. The lowest BCUT2D eigenvalue weighted by molar-refractivity contribution is -0.0317. The van der Waals surface area contributed by atoms with Gasteiger partial charge in [-0.05, 0) is 43.2 Å². The number of aliphatic hydroxyl groups excluding tert-OH is 1. The van der Waals surface area contributed by atoms with Gasteiger partial charge in [0.2, 0.25) is 0 Å². The number of fused-ring (bicyclic) bond motifs is 1. The number of methoxy groups -OCH3 is 1. The van der Waals surface area contributed by atoms with Gasteiger partial charge in [-0.1, -0.05) is 0 Å². The van der Waals surface area contributed by atoms with E-state index in [9.17, 15) is 5.11 Å². The molecule has 0 fully saturated rings. The summed E-state index contributed by atoms with van der Waals surface area (Å²) >= 11 is 1.84. The Balaban J connectivity index is 1.71. The SMILES string of the molecule is COCC(C)OCC(O)CNC1CCCc2sccc21. The van der Waals surface area contributed by atoms with Crippen molar-refractivity contribution in [3.63, 3.8) is 0 Å². The van der Waals surface area contributed by atoms with Crippen LogP contribution in [0.5, 0.6) is 0 Å². The summed E-state index contributed by atoms with van der Waals surface area (Å²) in [7, 11) is 1.65. The summed E-state index contributed by atoms with van der Waals surface area (Å²) in [5, 5.41) is 15.6. The van der Waals surface area contributed by atoms with Crippen molar-refractivity contribution in [2.45, 2.75) is 44.4 Å². The van der Waals surface area contributed by atoms with Crippen LogP contribution < -0.4 is 5.32 Å². The fourth-order valence-electron chi connectivity index (χ4n) is 2.59. The van der Waals surface area contributed by atoms with Crippen LogP contribution in [0, 0.1) is 0 Å². The molecule has 2 rings (SSSR count). The summed E-state index contributed by atoms with van der Waals surface area (Å²) < 4.78 is 10.5. The Bertz CT molecular complexity index is 396. The lowest BCUT2D eigenvalue weighted by Gasteiger charge is -2.25. The molecule has 1 aromatic heterocycles. The van der Waals surface area contributed by atoms with Gasteiger partial charge in [0, 0.05) is 24.6 Å². The van der Waals surface area contributed by atoms with E-state index in [1.807, 2.05) is 18.3 Å². The number of hydrogen-bond acceptors (Lipinski definition) is 5. The van der Waals surface area contributed by atoms with Crippen molar-refractivity contribution in [2.24, 2.45) is 0 Å². The third-order valence-electron chi connectivity index (χ3n) is 3.63. The van der Waals surface area contributed by atoms with Gasteiger partial charge in [-0.3, -0.25) is 0 Å². The van der Waals surface area contributed by atoms with E-state index in [1.54, 1.807) is 7.11 Å². The molecule has 1 aromatic rings. The highest BCUT2D eigenvalue weighted by Crippen LogP contribution is 2.33. The molecule has 0 aromatic carbocycles. The van der Waals surface area contributed by atoms with Gasteiger partial charge in [-0.15, -0.1) is 11.3 Å². The molecule has 0 radical (unpaired) electrons. The lowest BCUT2D eigenvalue weighted by Crippen LogP contribution is -2.35. The summed E-state index contributed by atoms with van der Waals surface area (Å²) in [6.07, 6.45) is 3.12. The van der Waals surface area contributed by atoms with E-state index in [0.717, 1.165) is 6.42 Å². The van der Waals surface area contributed by atoms with Crippen LogP contribution in [0.3, 0.4) is 0 Å². The van der Waals surface area contributed by atoms with Gasteiger partial charge >= 0.3 is 0 Å². The number of aliphatic hydroxyl groups is 1. The molecule has 0 bridgehead atoms. The zero-order chi connectivity index (χ0) is 14.4. The number of thiophene rings is 1. The summed E-state index contributed by atoms with van der Waals surface area (Å²) in [4.78, 5) is 1.49. The van der Waals surface area contributed by atoms with Crippen LogP contribution in [0.1, 0.15) is 36.2 Å². The first-order chi connectivity index (χ1) is 9.70. The lowest BCUT2D eigenvalue weighted by atomic mass is 9.94. The van der Waals surface area contributed by atoms with E-state index >= 15 is 0 Å². The number of aryl methyl sites for hydroxylation is 1. The highest BCUT2D eigenvalue weighted by molar-refractivity contribution is 7.10. The number of ether oxygens (including phenoxy) is 2. The van der Waals surface area contributed by atoms with Crippen LogP contribution in [-0.4, -0.2) is 44.2 Å². The predicted octanol–water partition coefficient (Wildman–Crippen LogP) is 2.13. The molecule has 1 heterocycles. The van der Waals surface area contributed by atoms with Gasteiger partial charge in [0.15, 0.2) is 0 Å². The Labute approximate surface area is 125 Å². The third kappa shape index (κ3) is 4.53. The Morgan fingerprint density at radius 1 is 1.50 bits per heavy atom. The minimum absolute atomic E-state index is 0.0211. The molecule has 0 saturated carbocycles. The standard InChI is InChI=1S/C15H25NO3S/c1-11(9-18-2)19-10-12(17)8-16-14-4-3-5-15-13(14)6-7-20-15/h6-7,11-12,14,16-17H,3-5,8-10H2,1-2H3. The van der Waals surface area contributed by atoms with E-state index < -0.39 is 6.10 Å². The van der Waals surface area contributed by atoms with Crippen molar-refractivity contribution in [2.75, 3.05) is 26.9 Å². The molecule has 0 saturated heterocycles. The highest BCUT2D eigenvalue weighted by atomic mass is 32.1. The monoisotopic (exact) mass is 299 g/mol. The van der Waals surface area contributed by atoms with Crippen molar-refractivity contribution < 1.29 is 14.6 Å². The van der Waals surface area contributed by atoms with Gasteiger partial charge < -0.3 is 19.9 Å². The second-order valence-corrected chi connectivity index (χ2v) is 6.41. The van der Waals surface area contributed by atoms with Gasteiger partial charge in [0.05, 0.1) is 25.4 Å². The van der Waals surface area contributed by atoms with Crippen molar-refractivity contribution in [3.8, 4) is 0 Å². The average molecular weight is 299 g/mol. The van der Waals surface area contributed by atoms with Gasteiger partial charge in [-0.25, -0.2) is 0 Å². The molecule has 114 valence electrons. The molecule has 0 amide bonds. The molecular weight excluding hydrogens is 274 g/mol. The molecule has 4 nitrogen and oxygen atoms in total. The first kappa shape index (κ1) is 15.9. The van der Waals surface area contributed by atoms with Crippen LogP contribution in [0.4, 0.5) is 0 Å². The second-order valence-electron chi connectivity index (χ2n) is 5.41. The van der Waals surface area contributed by atoms with Crippen LogP contribution in [-0.2, 0) is 15.9 Å². The zero-order valence-corrected chi connectivity index (χ0v) is 13.1. The third-order valence-corrected chi connectivity index (χ3v) is 4.62. The molecule has 1 aliphatic carbocycles. The Hall–Kier alpha value is -0.460. The fourth-order valence-corrected chi connectivity index (χ4v) is 3.58. The molecule has 3 unspecified atom stereocenters. The van der Waals surface area contributed by atoms with E-state index in [1.165, 1.54) is 23.3 Å². The van der Waals surface area contributed by atoms with Crippen LogP contribution in [0.15, 0.2) is 11.4 Å². The smallest absolute Gasteiger partial charge is 0.0898 e. The van der Waals surface area contributed by atoms with Crippen LogP contribution in [0.2, 0.25) is 0 Å². The summed E-state index contributed by atoms with van der Waals surface area (Å²) in [5.41, 5.74) is 1.42.